The maximum absolute atomic E-state index is 13.5. The fourth-order valence-electron chi connectivity index (χ4n) is 4.59. The molecule has 0 bridgehead atoms. The van der Waals surface area contributed by atoms with Crippen LogP contribution < -0.4 is 21.0 Å². The van der Waals surface area contributed by atoms with Crippen LogP contribution >= 0.6 is 0 Å². The molecule has 0 saturated heterocycles. The molecule has 3 rings (SSSR count). The molecule has 1 aliphatic rings. The van der Waals surface area contributed by atoms with Crippen LogP contribution in [0.1, 0.15) is 80.2 Å². The molecular formula is C27H41N5O7S. The van der Waals surface area contributed by atoms with E-state index in [1.54, 1.807) is 59.2 Å². The summed E-state index contributed by atoms with van der Waals surface area (Å²) in [6.07, 6.45) is 4.13. The van der Waals surface area contributed by atoms with Crippen molar-refractivity contribution in [2.45, 2.75) is 109 Å². The lowest BCUT2D eigenvalue weighted by molar-refractivity contribution is 0.108. The van der Waals surface area contributed by atoms with E-state index in [2.05, 4.69) is 15.4 Å². The predicted molar refractivity (Wildman–Crippen MR) is 151 cm³/mol. The molecule has 1 saturated carbocycles. The Kier molecular flexibility index (Phi) is 9.72. The number of nitrogens with zero attached hydrogens (tertiary/aromatic N) is 2. The molecule has 0 radical (unpaired) electrons. The second kappa shape index (κ2) is 12.5. The molecule has 1 aliphatic carbocycles. The first-order valence-corrected chi connectivity index (χ1v) is 15.0. The van der Waals surface area contributed by atoms with Gasteiger partial charge in [0.2, 0.25) is 10.0 Å². The van der Waals surface area contributed by atoms with Gasteiger partial charge in [0.15, 0.2) is 0 Å². The molecule has 1 fully saturated rings. The lowest BCUT2D eigenvalue weighted by atomic mass is 9.91. The van der Waals surface area contributed by atoms with Gasteiger partial charge in [-0.1, -0.05) is 0 Å². The molecule has 3 N–H and O–H groups in total. The topological polar surface area (TPSA) is 150 Å². The number of carbonyl (C=O) groups excluding carboxylic acids is 2. The normalized spacial score (nSPS) is 18.0. The standard InChI is InChI=1S/C27H41N5O7S/c1-17(2)38-24(33)28-19-8-11-21(12-9-19)31-14-15-32(26(31)35)22-13-10-20(29-25(34)39-18(3)4)16-23(22)40(36,37)30-27(5,6)7/h10,13-19,21,30H,8-9,11-12H2,1-7H3,(H,28,33)(H,29,34)/t19-,21-. The van der Waals surface area contributed by atoms with E-state index in [0.717, 1.165) is 0 Å². The molecule has 222 valence electrons. The number of sulfonamides is 1. The number of aromatic nitrogens is 2. The highest BCUT2D eigenvalue weighted by Crippen LogP contribution is 2.29. The Labute approximate surface area is 235 Å². The minimum absolute atomic E-state index is 0.0389. The summed E-state index contributed by atoms with van der Waals surface area (Å²) in [4.78, 5) is 37.4. The lowest BCUT2D eigenvalue weighted by Gasteiger charge is -2.29. The van der Waals surface area contributed by atoms with E-state index < -0.39 is 27.7 Å². The molecule has 1 heterocycles. The van der Waals surface area contributed by atoms with Crippen LogP contribution in [0.5, 0.6) is 0 Å². The fraction of sp³-hybridized carbons (Fsp3) is 0.593. The molecule has 1 aromatic carbocycles. The Morgan fingerprint density at radius 2 is 1.55 bits per heavy atom. The molecule has 1 aromatic heterocycles. The molecule has 2 amide bonds. The van der Waals surface area contributed by atoms with Gasteiger partial charge in [0, 0.05) is 35.7 Å². The van der Waals surface area contributed by atoms with Gasteiger partial charge in [0.05, 0.1) is 17.9 Å². The lowest BCUT2D eigenvalue weighted by Crippen LogP contribution is -2.41. The molecule has 0 spiro atoms. The molecule has 0 atom stereocenters. The van der Waals surface area contributed by atoms with Crippen LogP contribution in [0.25, 0.3) is 5.69 Å². The van der Waals surface area contributed by atoms with Crippen LogP contribution in [-0.2, 0) is 19.5 Å². The van der Waals surface area contributed by atoms with Crippen molar-refractivity contribution in [3.8, 4) is 5.69 Å². The number of carbonyl (C=O) groups is 2. The van der Waals surface area contributed by atoms with Gasteiger partial charge in [0.1, 0.15) is 4.90 Å². The van der Waals surface area contributed by atoms with Gasteiger partial charge in [-0.15, -0.1) is 0 Å². The Balaban J connectivity index is 1.89. The first kappa shape index (κ1) is 31.2. The number of alkyl carbamates (subject to hydrolysis) is 1. The maximum Gasteiger partial charge on any atom is 0.411 e. The Bertz CT molecular complexity index is 1360. The average Bonchev–Trinajstić information content (AvgIpc) is 3.18. The quantitative estimate of drug-likeness (QED) is 0.422. The summed E-state index contributed by atoms with van der Waals surface area (Å²) in [5, 5.41) is 5.42. The zero-order valence-electron chi connectivity index (χ0n) is 24.2. The zero-order valence-corrected chi connectivity index (χ0v) is 25.0. The molecule has 2 aromatic rings. The highest BCUT2D eigenvalue weighted by Gasteiger charge is 2.29. The second-order valence-corrected chi connectivity index (χ2v) is 13.2. The highest BCUT2D eigenvalue weighted by molar-refractivity contribution is 7.89. The van der Waals surface area contributed by atoms with Crippen molar-refractivity contribution in [2.24, 2.45) is 0 Å². The third-order valence-electron chi connectivity index (χ3n) is 6.10. The number of anilines is 1. The predicted octanol–water partition coefficient (Wildman–Crippen LogP) is 4.29. The van der Waals surface area contributed by atoms with E-state index in [1.165, 1.54) is 29.0 Å². The minimum Gasteiger partial charge on any atom is -0.447 e. The number of imidazole rings is 1. The summed E-state index contributed by atoms with van der Waals surface area (Å²) < 4.78 is 42.7. The Morgan fingerprint density at radius 1 is 0.950 bits per heavy atom. The van der Waals surface area contributed by atoms with Crippen LogP contribution in [0, 0.1) is 0 Å². The van der Waals surface area contributed by atoms with Crippen molar-refractivity contribution in [1.29, 1.82) is 0 Å². The number of hydrogen-bond donors (Lipinski definition) is 3. The Morgan fingerprint density at radius 3 is 2.12 bits per heavy atom. The average molecular weight is 580 g/mol. The van der Waals surface area contributed by atoms with Crippen LogP contribution in [0.3, 0.4) is 0 Å². The molecule has 12 nitrogen and oxygen atoms in total. The number of rotatable bonds is 8. The SMILES string of the molecule is CC(C)OC(=O)Nc1ccc(-n2ccn([C@H]3CC[C@H](NC(=O)OC(C)C)CC3)c2=O)c(S(=O)(=O)NC(C)(C)C)c1. The van der Waals surface area contributed by atoms with Gasteiger partial charge < -0.3 is 14.8 Å². The van der Waals surface area contributed by atoms with Gasteiger partial charge in [0.25, 0.3) is 0 Å². The smallest absolute Gasteiger partial charge is 0.411 e. The van der Waals surface area contributed by atoms with Gasteiger partial charge in [-0.25, -0.2) is 27.5 Å². The van der Waals surface area contributed by atoms with Crippen molar-refractivity contribution in [3.05, 3.63) is 41.1 Å². The van der Waals surface area contributed by atoms with Crippen molar-refractivity contribution >= 4 is 27.9 Å². The summed E-state index contributed by atoms with van der Waals surface area (Å²) in [6.45, 7) is 12.1. The van der Waals surface area contributed by atoms with Crippen LogP contribution in [0.15, 0.2) is 40.3 Å². The van der Waals surface area contributed by atoms with Crippen molar-refractivity contribution in [3.63, 3.8) is 0 Å². The molecule has 0 aliphatic heterocycles. The van der Waals surface area contributed by atoms with E-state index in [0.29, 0.717) is 25.7 Å². The zero-order chi connectivity index (χ0) is 29.8. The van der Waals surface area contributed by atoms with E-state index in [-0.39, 0.29) is 46.3 Å². The first-order chi connectivity index (χ1) is 18.6. The van der Waals surface area contributed by atoms with Crippen LogP contribution in [0.2, 0.25) is 0 Å². The fourth-order valence-corrected chi connectivity index (χ4v) is 6.23. The molecule has 0 unspecified atom stereocenters. The van der Waals surface area contributed by atoms with E-state index in [9.17, 15) is 22.8 Å². The number of hydrogen-bond acceptors (Lipinski definition) is 7. The maximum atomic E-state index is 13.5. The monoisotopic (exact) mass is 579 g/mol. The summed E-state index contributed by atoms with van der Waals surface area (Å²) in [7, 11) is -4.10. The number of amides is 2. The molecule has 13 heteroatoms. The van der Waals surface area contributed by atoms with Crippen molar-refractivity contribution < 1.29 is 27.5 Å². The largest absolute Gasteiger partial charge is 0.447 e. The van der Waals surface area contributed by atoms with Crippen molar-refractivity contribution in [1.82, 2.24) is 19.2 Å². The number of nitrogens with one attached hydrogen (secondary N) is 3. The summed E-state index contributed by atoms with van der Waals surface area (Å²) in [6, 6.07) is 4.16. The summed E-state index contributed by atoms with van der Waals surface area (Å²) >= 11 is 0. The second-order valence-electron chi connectivity index (χ2n) is 11.6. The molecular weight excluding hydrogens is 538 g/mol. The van der Waals surface area contributed by atoms with E-state index in [4.69, 9.17) is 9.47 Å². The van der Waals surface area contributed by atoms with Gasteiger partial charge in [-0.2, -0.15) is 0 Å². The Hall–Kier alpha value is -3.32. The minimum atomic E-state index is -4.10. The first-order valence-electron chi connectivity index (χ1n) is 13.5. The third-order valence-corrected chi connectivity index (χ3v) is 7.88. The third kappa shape index (κ3) is 8.34. The van der Waals surface area contributed by atoms with Gasteiger partial charge in [-0.05, 0) is 92.3 Å². The summed E-state index contributed by atoms with van der Waals surface area (Å²) in [5.74, 6) is 0. The van der Waals surface area contributed by atoms with Crippen LogP contribution in [0.4, 0.5) is 15.3 Å². The van der Waals surface area contributed by atoms with Gasteiger partial charge in [-0.3, -0.25) is 14.5 Å². The van der Waals surface area contributed by atoms with Crippen LogP contribution in [-0.4, -0.2) is 53.5 Å². The summed E-state index contributed by atoms with van der Waals surface area (Å²) in [5.41, 5.74) is -0.822. The van der Waals surface area contributed by atoms with E-state index in [1.807, 2.05) is 0 Å². The number of ether oxygens (including phenoxy) is 2. The van der Waals surface area contributed by atoms with Gasteiger partial charge >= 0.3 is 17.9 Å². The number of benzene rings is 1. The van der Waals surface area contributed by atoms with Crippen molar-refractivity contribution in [2.75, 3.05) is 5.32 Å². The van der Waals surface area contributed by atoms with E-state index >= 15 is 0 Å². The highest BCUT2D eigenvalue weighted by atomic mass is 32.2. The molecule has 40 heavy (non-hydrogen) atoms.